The van der Waals surface area contributed by atoms with Gasteiger partial charge >= 0.3 is 12.3 Å². The van der Waals surface area contributed by atoms with Crippen molar-refractivity contribution in [2.45, 2.75) is 44.8 Å². The number of benzene rings is 1. The van der Waals surface area contributed by atoms with Crippen LogP contribution in [0.15, 0.2) is 24.3 Å². The lowest BCUT2D eigenvalue weighted by Crippen LogP contribution is -2.38. The summed E-state index contributed by atoms with van der Waals surface area (Å²) in [5, 5.41) is 22.1. The van der Waals surface area contributed by atoms with Gasteiger partial charge in [-0.05, 0) is 26.3 Å². The number of rotatable bonds is 5. The van der Waals surface area contributed by atoms with E-state index in [-0.39, 0.29) is 12.1 Å². The summed E-state index contributed by atoms with van der Waals surface area (Å²) in [6, 6.07) is 4.01. The molecule has 1 aromatic carbocycles. The Morgan fingerprint density at radius 2 is 1.64 bits per heavy atom. The number of ether oxygens (including phenoxy) is 1. The molecule has 0 aliphatic heterocycles. The van der Waals surface area contributed by atoms with Crippen molar-refractivity contribution in [3.05, 3.63) is 35.4 Å². The lowest BCUT2D eigenvalue weighted by atomic mass is 10.0. The second-order valence-electron chi connectivity index (χ2n) is 6.34. The third-order valence-electron chi connectivity index (χ3n) is 2.99. The molecule has 1 rings (SSSR count). The van der Waals surface area contributed by atoms with Crippen molar-refractivity contribution >= 4 is 11.9 Å². The SMILES string of the molecule is CC(C)(C)OC(=O)NCC(O)C(O)c1ccc(C(=O)C(F)(F)F)cc1. The Balaban J connectivity index is 2.66. The van der Waals surface area contributed by atoms with Crippen LogP contribution in [0.1, 0.15) is 42.8 Å². The Morgan fingerprint density at radius 3 is 2.08 bits per heavy atom. The van der Waals surface area contributed by atoms with E-state index in [2.05, 4.69) is 5.32 Å². The predicted molar refractivity (Wildman–Crippen MR) is 82.0 cm³/mol. The molecule has 2 unspecified atom stereocenters. The highest BCUT2D eigenvalue weighted by molar-refractivity contribution is 6.00. The van der Waals surface area contributed by atoms with Gasteiger partial charge in [0, 0.05) is 12.1 Å². The maximum absolute atomic E-state index is 12.3. The number of carbonyl (C=O) groups is 2. The normalized spacial score (nSPS) is 14.6. The number of alkyl carbamates (subject to hydrolysis) is 1. The van der Waals surface area contributed by atoms with Crippen molar-refractivity contribution < 1.29 is 37.7 Å². The molecule has 0 fully saturated rings. The molecule has 0 spiro atoms. The van der Waals surface area contributed by atoms with Gasteiger partial charge in [0.25, 0.3) is 5.78 Å². The zero-order chi connectivity index (χ0) is 19.4. The zero-order valence-corrected chi connectivity index (χ0v) is 13.9. The first kappa shape index (κ1) is 20.9. The standard InChI is InChI=1S/C16H20F3NO5/c1-15(2,3)25-14(24)20-8-11(21)12(22)9-4-6-10(7-5-9)13(23)16(17,18)19/h4-7,11-12,21-22H,8H2,1-3H3,(H,20,24). The molecular weight excluding hydrogens is 343 g/mol. The van der Waals surface area contributed by atoms with E-state index in [1.807, 2.05) is 0 Å². The summed E-state index contributed by atoms with van der Waals surface area (Å²) in [5.74, 6) is -2.00. The summed E-state index contributed by atoms with van der Waals surface area (Å²) in [7, 11) is 0. The number of halogens is 3. The van der Waals surface area contributed by atoms with Crippen molar-refractivity contribution in [2.75, 3.05) is 6.54 Å². The number of ketones is 1. The van der Waals surface area contributed by atoms with Gasteiger partial charge < -0.3 is 20.3 Å². The Bertz CT molecular complexity index is 608. The van der Waals surface area contributed by atoms with E-state index in [4.69, 9.17) is 4.74 Å². The molecule has 140 valence electrons. The van der Waals surface area contributed by atoms with Gasteiger partial charge in [-0.1, -0.05) is 24.3 Å². The van der Waals surface area contributed by atoms with Gasteiger partial charge in [-0.3, -0.25) is 4.79 Å². The van der Waals surface area contributed by atoms with Crippen LogP contribution in [-0.2, 0) is 4.74 Å². The maximum Gasteiger partial charge on any atom is 0.454 e. The first-order valence-corrected chi connectivity index (χ1v) is 7.36. The molecule has 0 saturated carbocycles. The summed E-state index contributed by atoms with van der Waals surface area (Å²) < 4.78 is 41.9. The quantitative estimate of drug-likeness (QED) is 0.698. The Labute approximate surface area is 142 Å². The molecule has 9 heteroatoms. The molecule has 6 nitrogen and oxygen atoms in total. The van der Waals surface area contributed by atoms with Gasteiger partial charge in [-0.25, -0.2) is 4.79 Å². The number of hydrogen-bond acceptors (Lipinski definition) is 5. The number of aliphatic hydroxyl groups excluding tert-OH is 2. The summed E-state index contributed by atoms with van der Waals surface area (Å²) in [6.45, 7) is 4.63. The molecule has 1 amide bonds. The van der Waals surface area contributed by atoms with E-state index >= 15 is 0 Å². The smallest absolute Gasteiger partial charge is 0.444 e. The fourth-order valence-corrected chi connectivity index (χ4v) is 1.83. The second-order valence-corrected chi connectivity index (χ2v) is 6.34. The number of aliphatic hydroxyl groups is 2. The first-order valence-electron chi connectivity index (χ1n) is 7.36. The third-order valence-corrected chi connectivity index (χ3v) is 2.99. The molecule has 1 aromatic rings. The van der Waals surface area contributed by atoms with E-state index in [0.717, 1.165) is 24.3 Å². The average Bonchev–Trinajstić information content (AvgIpc) is 2.48. The van der Waals surface area contributed by atoms with Crippen LogP contribution >= 0.6 is 0 Å². The van der Waals surface area contributed by atoms with Crippen LogP contribution in [0.3, 0.4) is 0 Å². The van der Waals surface area contributed by atoms with Gasteiger partial charge in [0.2, 0.25) is 0 Å². The molecule has 0 aliphatic carbocycles. The summed E-state index contributed by atoms with van der Waals surface area (Å²) in [5.41, 5.74) is -1.21. The number of nitrogens with one attached hydrogen (secondary N) is 1. The number of carbonyl (C=O) groups excluding carboxylic acids is 2. The molecule has 0 aliphatic rings. The topological polar surface area (TPSA) is 95.9 Å². The molecule has 3 N–H and O–H groups in total. The number of amides is 1. The largest absolute Gasteiger partial charge is 0.454 e. The number of Topliss-reactive ketones (excluding diaryl/α,β-unsaturated/α-hetero) is 1. The minimum Gasteiger partial charge on any atom is -0.444 e. The van der Waals surface area contributed by atoms with Crippen molar-refractivity contribution in [1.82, 2.24) is 5.32 Å². The molecule has 0 aromatic heterocycles. The molecule has 0 radical (unpaired) electrons. The van der Waals surface area contributed by atoms with Crippen LogP contribution in [0.4, 0.5) is 18.0 Å². The predicted octanol–water partition coefficient (Wildman–Crippen LogP) is 2.35. The lowest BCUT2D eigenvalue weighted by Gasteiger charge is -2.22. The van der Waals surface area contributed by atoms with Crippen molar-refractivity contribution in [3.63, 3.8) is 0 Å². The van der Waals surface area contributed by atoms with Gasteiger partial charge in [-0.2, -0.15) is 13.2 Å². The van der Waals surface area contributed by atoms with Crippen LogP contribution in [0, 0.1) is 0 Å². The second kappa shape index (κ2) is 7.83. The van der Waals surface area contributed by atoms with Crippen LogP contribution in [0.25, 0.3) is 0 Å². The molecule has 0 heterocycles. The molecule has 0 bridgehead atoms. The summed E-state index contributed by atoms with van der Waals surface area (Å²) in [6.07, 6.45) is -8.66. The summed E-state index contributed by atoms with van der Waals surface area (Å²) in [4.78, 5) is 22.5. The zero-order valence-electron chi connectivity index (χ0n) is 13.9. The Kier molecular flexibility index (Phi) is 6.55. The van der Waals surface area contributed by atoms with Crippen LogP contribution < -0.4 is 5.32 Å². The van der Waals surface area contributed by atoms with Gasteiger partial charge in [0.05, 0.1) is 0 Å². The number of hydrogen-bond donors (Lipinski definition) is 3. The van der Waals surface area contributed by atoms with Crippen LogP contribution in [0.2, 0.25) is 0 Å². The van der Waals surface area contributed by atoms with Crippen molar-refractivity contribution in [2.24, 2.45) is 0 Å². The number of alkyl halides is 3. The fraction of sp³-hybridized carbons (Fsp3) is 0.500. The van der Waals surface area contributed by atoms with E-state index in [0.29, 0.717) is 0 Å². The van der Waals surface area contributed by atoms with Gasteiger partial charge in [0.15, 0.2) is 0 Å². The monoisotopic (exact) mass is 363 g/mol. The third kappa shape index (κ3) is 6.71. The molecule has 25 heavy (non-hydrogen) atoms. The highest BCUT2D eigenvalue weighted by atomic mass is 19.4. The van der Waals surface area contributed by atoms with E-state index in [1.165, 1.54) is 0 Å². The van der Waals surface area contributed by atoms with Gasteiger partial charge in [0.1, 0.15) is 17.8 Å². The van der Waals surface area contributed by atoms with Crippen molar-refractivity contribution in [1.29, 1.82) is 0 Å². The molecule has 0 saturated heterocycles. The average molecular weight is 363 g/mol. The minimum absolute atomic E-state index is 0.0946. The van der Waals surface area contributed by atoms with E-state index in [9.17, 15) is 33.0 Å². The Hall–Kier alpha value is -2.13. The highest BCUT2D eigenvalue weighted by Crippen LogP contribution is 2.23. The molecular formula is C16H20F3NO5. The van der Waals surface area contributed by atoms with Crippen LogP contribution in [-0.4, -0.2) is 46.5 Å². The fourth-order valence-electron chi connectivity index (χ4n) is 1.83. The lowest BCUT2D eigenvalue weighted by molar-refractivity contribution is -0.0885. The van der Waals surface area contributed by atoms with Gasteiger partial charge in [-0.15, -0.1) is 0 Å². The Morgan fingerprint density at radius 1 is 1.12 bits per heavy atom. The van der Waals surface area contributed by atoms with E-state index in [1.54, 1.807) is 20.8 Å². The molecule has 2 atom stereocenters. The minimum atomic E-state index is -4.99. The maximum atomic E-state index is 12.3. The first-order chi connectivity index (χ1) is 11.3. The van der Waals surface area contributed by atoms with E-state index < -0.39 is 41.4 Å². The van der Waals surface area contributed by atoms with Crippen molar-refractivity contribution in [3.8, 4) is 0 Å². The highest BCUT2D eigenvalue weighted by Gasteiger charge is 2.39. The summed E-state index contributed by atoms with van der Waals surface area (Å²) >= 11 is 0. The van der Waals surface area contributed by atoms with Crippen LogP contribution in [0.5, 0.6) is 0 Å².